The van der Waals surface area contributed by atoms with Gasteiger partial charge in [0.2, 0.25) is 0 Å². The molecule has 1 heterocycles. The van der Waals surface area contributed by atoms with Gasteiger partial charge in [-0.05, 0) is 24.8 Å². The molecule has 1 saturated heterocycles. The average Bonchev–Trinajstić information content (AvgIpc) is 2.54. The number of likely N-dealkylation sites (tertiary alicyclic amines) is 1. The molecular weight excluding hydrogens is 206 g/mol. The predicted molar refractivity (Wildman–Crippen MR) is 62.4 cm³/mol. The van der Waals surface area contributed by atoms with Crippen molar-refractivity contribution in [2.24, 2.45) is 11.8 Å². The largest absolute Gasteiger partial charge is 0.480 e. The Morgan fingerprint density at radius 3 is 2.81 bits per heavy atom. The van der Waals surface area contributed by atoms with E-state index in [2.05, 4.69) is 13.8 Å². The van der Waals surface area contributed by atoms with Crippen LogP contribution in [-0.4, -0.2) is 48.3 Å². The van der Waals surface area contributed by atoms with E-state index in [0.717, 1.165) is 26.1 Å². The Hall–Kier alpha value is -0.610. The van der Waals surface area contributed by atoms with E-state index < -0.39 is 5.97 Å². The zero-order valence-electron chi connectivity index (χ0n) is 10.5. The molecule has 0 spiro atoms. The Morgan fingerprint density at radius 1 is 1.56 bits per heavy atom. The molecule has 0 aromatic carbocycles. The summed E-state index contributed by atoms with van der Waals surface area (Å²) in [5.41, 5.74) is 0. The first kappa shape index (κ1) is 13.5. The summed E-state index contributed by atoms with van der Waals surface area (Å²) in [4.78, 5) is 13.1. The fourth-order valence-electron chi connectivity index (χ4n) is 2.18. The van der Waals surface area contributed by atoms with Crippen molar-refractivity contribution < 1.29 is 14.6 Å². The number of hydrogen-bond acceptors (Lipinski definition) is 3. The van der Waals surface area contributed by atoms with Crippen LogP contribution in [0.3, 0.4) is 0 Å². The fourth-order valence-corrected chi connectivity index (χ4v) is 2.18. The van der Waals surface area contributed by atoms with E-state index in [4.69, 9.17) is 9.84 Å². The second kappa shape index (κ2) is 6.21. The monoisotopic (exact) mass is 229 g/mol. The Balaban J connectivity index is 2.28. The maximum atomic E-state index is 11.1. The molecule has 1 N–H and O–H groups in total. The molecule has 0 radical (unpaired) electrons. The summed E-state index contributed by atoms with van der Waals surface area (Å²) < 4.78 is 5.49. The highest BCUT2D eigenvalue weighted by Crippen LogP contribution is 2.23. The van der Waals surface area contributed by atoms with Gasteiger partial charge >= 0.3 is 5.97 Å². The number of rotatable bonds is 6. The highest BCUT2D eigenvalue weighted by Gasteiger charge is 2.36. The summed E-state index contributed by atoms with van der Waals surface area (Å²) in [5.74, 6) is 0.0873. The molecule has 0 aliphatic carbocycles. The van der Waals surface area contributed by atoms with Gasteiger partial charge in [-0.3, -0.25) is 9.69 Å². The summed E-state index contributed by atoms with van der Waals surface area (Å²) in [5, 5.41) is 9.12. The number of nitrogens with zero attached hydrogens (tertiary/aromatic N) is 1. The SMILES string of the molecule is CC(C)COCCN1CCC(C)C1C(=O)O. The Labute approximate surface area is 97.6 Å². The molecular formula is C12H23NO3. The summed E-state index contributed by atoms with van der Waals surface area (Å²) in [6.45, 7) is 9.22. The summed E-state index contributed by atoms with van der Waals surface area (Å²) in [6.07, 6.45) is 0.973. The van der Waals surface area contributed by atoms with Gasteiger partial charge in [0.15, 0.2) is 0 Å². The van der Waals surface area contributed by atoms with Gasteiger partial charge in [-0.2, -0.15) is 0 Å². The van der Waals surface area contributed by atoms with E-state index in [1.54, 1.807) is 0 Å². The van der Waals surface area contributed by atoms with Gasteiger partial charge in [-0.25, -0.2) is 0 Å². The molecule has 0 aromatic heterocycles. The van der Waals surface area contributed by atoms with Crippen LogP contribution in [0.15, 0.2) is 0 Å². The fraction of sp³-hybridized carbons (Fsp3) is 0.917. The Kier molecular flexibility index (Phi) is 5.22. The van der Waals surface area contributed by atoms with Crippen LogP contribution >= 0.6 is 0 Å². The smallest absolute Gasteiger partial charge is 0.321 e. The molecule has 1 aliphatic heterocycles. The van der Waals surface area contributed by atoms with Crippen LogP contribution in [0.2, 0.25) is 0 Å². The van der Waals surface area contributed by atoms with Crippen LogP contribution in [0.4, 0.5) is 0 Å². The van der Waals surface area contributed by atoms with Gasteiger partial charge in [-0.15, -0.1) is 0 Å². The third kappa shape index (κ3) is 3.76. The first-order chi connectivity index (χ1) is 7.52. The molecule has 2 unspecified atom stereocenters. The van der Waals surface area contributed by atoms with E-state index in [-0.39, 0.29) is 12.0 Å². The van der Waals surface area contributed by atoms with Gasteiger partial charge in [0.05, 0.1) is 6.61 Å². The van der Waals surface area contributed by atoms with Crippen molar-refractivity contribution in [1.29, 1.82) is 0 Å². The van der Waals surface area contributed by atoms with Gasteiger partial charge in [-0.1, -0.05) is 20.8 Å². The molecule has 0 amide bonds. The molecule has 0 saturated carbocycles. The highest BCUT2D eigenvalue weighted by atomic mass is 16.5. The van der Waals surface area contributed by atoms with E-state index >= 15 is 0 Å². The number of hydrogen-bond donors (Lipinski definition) is 1. The number of carbonyl (C=O) groups is 1. The van der Waals surface area contributed by atoms with E-state index in [9.17, 15) is 4.79 Å². The molecule has 1 aliphatic rings. The van der Waals surface area contributed by atoms with Gasteiger partial charge in [0, 0.05) is 13.2 Å². The molecule has 94 valence electrons. The lowest BCUT2D eigenvalue weighted by Crippen LogP contribution is -2.40. The van der Waals surface area contributed by atoms with Gasteiger partial charge < -0.3 is 9.84 Å². The first-order valence-electron chi connectivity index (χ1n) is 6.07. The molecule has 1 fully saturated rings. The van der Waals surface area contributed by atoms with Crippen molar-refractivity contribution in [2.75, 3.05) is 26.3 Å². The van der Waals surface area contributed by atoms with Crippen LogP contribution in [0.25, 0.3) is 0 Å². The van der Waals surface area contributed by atoms with E-state index in [0.29, 0.717) is 12.5 Å². The van der Waals surface area contributed by atoms with Crippen LogP contribution in [-0.2, 0) is 9.53 Å². The number of carboxylic acid groups (broad SMARTS) is 1. The second-order valence-corrected chi connectivity index (χ2v) is 5.05. The van der Waals surface area contributed by atoms with Crippen molar-refractivity contribution in [3.05, 3.63) is 0 Å². The van der Waals surface area contributed by atoms with Crippen LogP contribution < -0.4 is 0 Å². The number of carboxylic acids is 1. The third-order valence-electron chi connectivity index (χ3n) is 3.03. The van der Waals surface area contributed by atoms with E-state index in [1.165, 1.54) is 0 Å². The average molecular weight is 229 g/mol. The Morgan fingerprint density at radius 2 is 2.25 bits per heavy atom. The molecule has 0 aromatic rings. The molecule has 4 heteroatoms. The predicted octanol–water partition coefficient (Wildman–Crippen LogP) is 1.45. The van der Waals surface area contributed by atoms with Crippen LogP contribution in [0.1, 0.15) is 27.2 Å². The van der Waals surface area contributed by atoms with Gasteiger partial charge in [0.1, 0.15) is 6.04 Å². The normalized spacial score (nSPS) is 26.5. The zero-order valence-corrected chi connectivity index (χ0v) is 10.5. The Bertz CT molecular complexity index is 230. The maximum absolute atomic E-state index is 11.1. The lowest BCUT2D eigenvalue weighted by Gasteiger charge is -2.23. The van der Waals surface area contributed by atoms with Crippen molar-refractivity contribution in [2.45, 2.75) is 33.2 Å². The van der Waals surface area contributed by atoms with E-state index in [1.807, 2.05) is 11.8 Å². The van der Waals surface area contributed by atoms with Crippen molar-refractivity contribution in [3.63, 3.8) is 0 Å². The molecule has 1 rings (SSSR count). The van der Waals surface area contributed by atoms with Crippen LogP contribution in [0.5, 0.6) is 0 Å². The van der Waals surface area contributed by atoms with Crippen molar-refractivity contribution in [1.82, 2.24) is 4.90 Å². The minimum Gasteiger partial charge on any atom is -0.480 e. The molecule has 16 heavy (non-hydrogen) atoms. The molecule has 4 nitrogen and oxygen atoms in total. The minimum absolute atomic E-state index is 0.252. The maximum Gasteiger partial charge on any atom is 0.321 e. The zero-order chi connectivity index (χ0) is 12.1. The number of aliphatic carboxylic acids is 1. The van der Waals surface area contributed by atoms with Crippen LogP contribution in [0, 0.1) is 11.8 Å². The summed E-state index contributed by atoms with van der Waals surface area (Å²) >= 11 is 0. The lowest BCUT2D eigenvalue weighted by atomic mass is 10.0. The molecule has 2 atom stereocenters. The van der Waals surface area contributed by atoms with Crippen molar-refractivity contribution >= 4 is 5.97 Å². The summed E-state index contributed by atoms with van der Waals surface area (Å²) in [6, 6.07) is -0.317. The third-order valence-corrected chi connectivity index (χ3v) is 3.03. The minimum atomic E-state index is -0.700. The second-order valence-electron chi connectivity index (χ2n) is 5.05. The quantitative estimate of drug-likeness (QED) is 0.700. The molecule has 0 bridgehead atoms. The highest BCUT2D eigenvalue weighted by molar-refractivity contribution is 5.74. The van der Waals surface area contributed by atoms with Crippen molar-refractivity contribution in [3.8, 4) is 0 Å². The standard InChI is InChI=1S/C12H23NO3/c1-9(2)8-16-7-6-13-5-4-10(3)11(13)12(14)15/h9-11H,4-8H2,1-3H3,(H,14,15). The first-order valence-corrected chi connectivity index (χ1v) is 6.07. The topological polar surface area (TPSA) is 49.8 Å². The number of ether oxygens (including phenoxy) is 1. The van der Waals surface area contributed by atoms with Gasteiger partial charge in [0.25, 0.3) is 0 Å². The summed E-state index contributed by atoms with van der Waals surface area (Å²) in [7, 11) is 0. The lowest BCUT2D eigenvalue weighted by molar-refractivity contribution is -0.143.